The molecule has 0 bridgehead atoms. The standard InChI is InChI=1S/C22H29F3N4OS/c1-21(2,3)16-11-9-15(10-12-16)19-27-28-20(29(19)17-7-5-4-6-8-17)31-13-18(30)26-14-22(23,24)25/h9-12,17H,4-8,13-14H2,1-3H3,(H,26,30). The van der Waals surface area contributed by atoms with Crippen molar-refractivity contribution in [1.29, 1.82) is 0 Å². The summed E-state index contributed by atoms with van der Waals surface area (Å²) in [6, 6.07) is 8.48. The minimum absolute atomic E-state index is 0.0420. The molecule has 0 atom stereocenters. The number of amides is 1. The van der Waals surface area contributed by atoms with E-state index in [1.54, 1.807) is 0 Å². The van der Waals surface area contributed by atoms with Crippen LogP contribution in [-0.2, 0) is 10.2 Å². The molecule has 1 aliphatic carbocycles. The summed E-state index contributed by atoms with van der Waals surface area (Å²) in [5.41, 5.74) is 2.20. The highest BCUT2D eigenvalue weighted by Gasteiger charge is 2.28. The van der Waals surface area contributed by atoms with Gasteiger partial charge in [0, 0.05) is 11.6 Å². The third-order valence-electron chi connectivity index (χ3n) is 5.43. The highest BCUT2D eigenvalue weighted by Crippen LogP contribution is 2.36. The van der Waals surface area contributed by atoms with E-state index < -0.39 is 18.6 Å². The molecule has 1 fully saturated rings. The lowest BCUT2D eigenvalue weighted by atomic mass is 9.86. The topological polar surface area (TPSA) is 59.8 Å². The molecular formula is C22H29F3N4OS. The number of nitrogens with one attached hydrogen (secondary N) is 1. The Balaban J connectivity index is 1.82. The Labute approximate surface area is 185 Å². The predicted octanol–water partition coefficient (Wildman–Crippen LogP) is 5.52. The van der Waals surface area contributed by atoms with Crippen LogP contribution in [-0.4, -0.2) is 39.1 Å². The highest BCUT2D eigenvalue weighted by atomic mass is 32.2. The van der Waals surface area contributed by atoms with Gasteiger partial charge >= 0.3 is 6.18 Å². The number of benzene rings is 1. The van der Waals surface area contributed by atoms with Crippen LogP contribution in [0.2, 0.25) is 0 Å². The fraction of sp³-hybridized carbons (Fsp3) is 0.591. The summed E-state index contributed by atoms with van der Waals surface area (Å²) in [7, 11) is 0. The zero-order valence-electron chi connectivity index (χ0n) is 18.1. The molecule has 9 heteroatoms. The van der Waals surface area contributed by atoms with Crippen LogP contribution < -0.4 is 5.32 Å². The molecule has 1 saturated carbocycles. The average molecular weight is 455 g/mol. The number of aromatic nitrogens is 3. The van der Waals surface area contributed by atoms with Crippen LogP contribution in [0, 0.1) is 0 Å². The maximum atomic E-state index is 12.3. The summed E-state index contributed by atoms with van der Waals surface area (Å²) in [6.07, 6.45) is 0.992. The van der Waals surface area contributed by atoms with Gasteiger partial charge < -0.3 is 5.32 Å². The number of alkyl halides is 3. The SMILES string of the molecule is CC(C)(C)c1ccc(-c2nnc(SCC(=O)NCC(F)(F)F)n2C2CCCCC2)cc1. The second-order valence-corrected chi connectivity index (χ2v) is 9.92. The van der Waals surface area contributed by atoms with Crippen molar-refractivity contribution in [2.45, 2.75) is 75.7 Å². The van der Waals surface area contributed by atoms with Gasteiger partial charge in [0.25, 0.3) is 0 Å². The fourth-order valence-electron chi connectivity index (χ4n) is 3.74. The summed E-state index contributed by atoms with van der Waals surface area (Å²) in [4.78, 5) is 11.9. The summed E-state index contributed by atoms with van der Waals surface area (Å²) in [6.45, 7) is 5.15. The second-order valence-electron chi connectivity index (χ2n) is 8.98. The first-order valence-electron chi connectivity index (χ1n) is 10.6. The van der Waals surface area contributed by atoms with E-state index in [-0.39, 0.29) is 17.2 Å². The molecule has 2 aromatic rings. The first-order chi connectivity index (χ1) is 14.5. The van der Waals surface area contributed by atoms with E-state index in [2.05, 4.69) is 47.7 Å². The molecule has 0 saturated heterocycles. The van der Waals surface area contributed by atoms with Crippen LogP contribution in [0.5, 0.6) is 0 Å². The fourth-order valence-corrected chi connectivity index (χ4v) is 4.58. The molecule has 1 aliphatic rings. The Kier molecular flexibility index (Phi) is 7.34. The number of carbonyl (C=O) groups excluding carboxylic acids is 1. The second kappa shape index (κ2) is 9.63. The minimum atomic E-state index is -4.42. The summed E-state index contributed by atoms with van der Waals surface area (Å²) < 4.78 is 39.1. The maximum Gasteiger partial charge on any atom is 0.405 e. The van der Waals surface area contributed by atoms with Gasteiger partial charge in [-0.3, -0.25) is 9.36 Å². The molecule has 31 heavy (non-hydrogen) atoms. The molecule has 0 radical (unpaired) electrons. The lowest BCUT2D eigenvalue weighted by molar-refractivity contribution is -0.136. The van der Waals surface area contributed by atoms with Crippen LogP contribution in [0.4, 0.5) is 13.2 Å². The summed E-state index contributed by atoms with van der Waals surface area (Å²) in [5.74, 6) is -0.0636. The average Bonchev–Trinajstić information content (AvgIpc) is 3.14. The van der Waals surface area contributed by atoms with Gasteiger partial charge in [-0.05, 0) is 23.8 Å². The Morgan fingerprint density at radius 3 is 2.32 bits per heavy atom. The van der Waals surface area contributed by atoms with E-state index in [1.807, 2.05) is 17.4 Å². The van der Waals surface area contributed by atoms with Crippen molar-refractivity contribution in [3.63, 3.8) is 0 Å². The first kappa shape index (κ1) is 23.6. The van der Waals surface area contributed by atoms with Crippen molar-refractivity contribution in [3.8, 4) is 11.4 Å². The van der Waals surface area contributed by atoms with Crippen molar-refractivity contribution >= 4 is 17.7 Å². The van der Waals surface area contributed by atoms with E-state index in [9.17, 15) is 18.0 Å². The Morgan fingerprint density at radius 2 is 1.74 bits per heavy atom. The van der Waals surface area contributed by atoms with E-state index in [4.69, 9.17) is 0 Å². The number of halogens is 3. The molecule has 1 N–H and O–H groups in total. The molecule has 0 spiro atoms. The van der Waals surface area contributed by atoms with Gasteiger partial charge in [-0.15, -0.1) is 10.2 Å². The predicted molar refractivity (Wildman–Crippen MR) is 116 cm³/mol. The monoisotopic (exact) mass is 454 g/mol. The van der Waals surface area contributed by atoms with Crippen molar-refractivity contribution < 1.29 is 18.0 Å². The molecule has 170 valence electrons. The number of thioether (sulfide) groups is 1. The van der Waals surface area contributed by atoms with Gasteiger partial charge in [-0.2, -0.15) is 13.2 Å². The van der Waals surface area contributed by atoms with E-state index in [1.165, 1.54) is 12.0 Å². The van der Waals surface area contributed by atoms with E-state index in [0.29, 0.717) is 5.16 Å². The van der Waals surface area contributed by atoms with Crippen molar-refractivity contribution in [2.24, 2.45) is 0 Å². The van der Waals surface area contributed by atoms with E-state index >= 15 is 0 Å². The summed E-state index contributed by atoms with van der Waals surface area (Å²) in [5, 5.41) is 11.2. The van der Waals surface area contributed by atoms with Crippen LogP contribution in [0.3, 0.4) is 0 Å². The molecule has 1 aromatic heterocycles. The van der Waals surface area contributed by atoms with Gasteiger partial charge in [-0.1, -0.05) is 76.1 Å². The quantitative estimate of drug-likeness (QED) is 0.584. The van der Waals surface area contributed by atoms with Crippen LogP contribution in [0.25, 0.3) is 11.4 Å². The lowest BCUT2D eigenvalue weighted by Gasteiger charge is -2.26. The number of rotatable bonds is 6. The van der Waals surface area contributed by atoms with Crippen molar-refractivity contribution in [3.05, 3.63) is 29.8 Å². The smallest absolute Gasteiger partial charge is 0.346 e. The molecule has 1 amide bonds. The highest BCUT2D eigenvalue weighted by molar-refractivity contribution is 7.99. The third-order valence-corrected chi connectivity index (χ3v) is 6.37. The van der Waals surface area contributed by atoms with E-state index in [0.717, 1.165) is 48.8 Å². The van der Waals surface area contributed by atoms with Crippen molar-refractivity contribution in [1.82, 2.24) is 20.1 Å². The van der Waals surface area contributed by atoms with Gasteiger partial charge in [0.1, 0.15) is 6.54 Å². The Hall–Kier alpha value is -2.03. The number of nitrogens with zero attached hydrogens (tertiary/aromatic N) is 3. The number of hydrogen-bond acceptors (Lipinski definition) is 4. The minimum Gasteiger partial charge on any atom is -0.346 e. The van der Waals surface area contributed by atoms with Gasteiger partial charge in [0.05, 0.1) is 5.75 Å². The Morgan fingerprint density at radius 1 is 1.10 bits per heavy atom. The van der Waals surface area contributed by atoms with Gasteiger partial charge in [-0.25, -0.2) is 0 Å². The first-order valence-corrected chi connectivity index (χ1v) is 11.6. The maximum absolute atomic E-state index is 12.3. The third kappa shape index (κ3) is 6.48. The Bertz CT molecular complexity index is 882. The van der Waals surface area contributed by atoms with Crippen LogP contribution >= 0.6 is 11.8 Å². The van der Waals surface area contributed by atoms with Crippen LogP contribution in [0.15, 0.2) is 29.4 Å². The molecule has 3 rings (SSSR count). The van der Waals surface area contributed by atoms with Gasteiger partial charge in [0.15, 0.2) is 11.0 Å². The largest absolute Gasteiger partial charge is 0.405 e. The normalized spacial score (nSPS) is 15.8. The zero-order valence-corrected chi connectivity index (χ0v) is 18.9. The zero-order chi connectivity index (χ0) is 22.6. The lowest BCUT2D eigenvalue weighted by Crippen LogP contribution is -2.34. The molecular weight excluding hydrogens is 425 g/mol. The molecule has 1 aromatic carbocycles. The van der Waals surface area contributed by atoms with Crippen LogP contribution in [0.1, 0.15) is 64.5 Å². The summed E-state index contributed by atoms with van der Waals surface area (Å²) >= 11 is 1.13. The number of carbonyl (C=O) groups is 1. The molecule has 1 heterocycles. The van der Waals surface area contributed by atoms with Crippen molar-refractivity contribution in [2.75, 3.05) is 12.3 Å². The number of hydrogen-bond donors (Lipinski definition) is 1. The molecule has 5 nitrogen and oxygen atoms in total. The molecule has 0 aliphatic heterocycles. The molecule has 0 unspecified atom stereocenters. The van der Waals surface area contributed by atoms with Gasteiger partial charge in [0.2, 0.25) is 5.91 Å².